The fourth-order valence-electron chi connectivity index (χ4n) is 1.90. The molecule has 2 rings (SSSR count). The van der Waals surface area contributed by atoms with Crippen LogP contribution in [0.15, 0.2) is 35.1 Å². The van der Waals surface area contributed by atoms with E-state index in [2.05, 4.69) is 10.3 Å². The van der Waals surface area contributed by atoms with E-state index in [1.807, 2.05) is 31.4 Å². The number of hydrogen-bond acceptors (Lipinski definition) is 5. The van der Waals surface area contributed by atoms with E-state index in [1.54, 1.807) is 18.0 Å². The number of anilines is 1. The van der Waals surface area contributed by atoms with E-state index in [0.717, 1.165) is 16.9 Å². The Balaban J connectivity index is 2.11. The molecular weight excluding hydrogens is 286 g/mol. The van der Waals surface area contributed by atoms with Gasteiger partial charge in [-0.05, 0) is 43.0 Å². The molecule has 0 saturated carbocycles. The highest BCUT2D eigenvalue weighted by atomic mass is 32.2. The summed E-state index contributed by atoms with van der Waals surface area (Å²) in [6.45, 7) is 1.97. The number of oxazole rings is 1. The zero-order chi connectivity index (χ0) is 15.2. The molecule has 1 aromatic heterocycles. The second-order valence-corrected chi connectivity index (χ2v) is 5.73. The molecule has 1 amide bonds. The van der Waals surface area contributed by atoms with Crippen molar-refractivity contribution >= 4 is 23.4 Å². The average molecular weight is 305 g/mol. The van der Waals surface area contributed by atoms with Crippen LogP contribution in [0.3, 0.4) is 0 Å². The van der Waals surface area contributed by atoms with Gasteiger partial charge in [0.2, 0.25) is 11.8 Å². The molecule has 1 aromatic carbocycles. The third-order valence-electron chi connectivity index (χ3n) is 3.14. The van der Waals surface area contributed by atoms with Crippen molar-refractivity contribution in [1.29, 1.82) is 0 Å². The van der Waals surface area contributed by atoms with E-state index >= 15 is 0 Å². The molecule has 112 valence electrons. The van der Waals surface area contributed by atoms with Crippen molar-refractivity contribution in [3.63, 3.8) is 0 Å². The number of nitrogens with two attached hydrogens (primary N) is 1. The minimum absolute atomic E-state index is 0.175. The first-order chi connectivity index (χ1) is 10.1. The first kappa shape index (κ1) is 15.6. The third-order valence-corrected chi connectivity index (χ3v) is 3.78. The number of hydrogen-bond donors (Lipinski definition) is 2. The van der Waals surface area contributed by atoms with Gasteiger partial charge in [0.25, 0.3) is 0 Å². The summed E-state index contributed by atoms with van der Waals surface area (Å²) in [5.74, 6) is 1.23. The van der Waals surface area contributed by atoms with Gasteiger partial charge in [-0.3, -0.25) is 4.79 Å². The van der Waals surface area contributed by atoms with Gasteiger partial charge in [0.05, 0.1) is 12.2 Å². The van der Waals surface area contributed by atoms with Crippen molar-refractivity contribution in [2.24, 2.45) is 5.73 Å². The number of amides is 1. The number of rotatable bonds is 6. The number of benzene rings is 1. The maximum atomic E-state index is 12.0. The van der Waals surface area contributed by atoms with Crippen molar-refractivity contribution in [2.75, 3.05) is 17.3 Å². The van der Waals surface area contributed by atoms with Crippen LogP contribution in [0, 0.1) is 6.92 Å². The van der Waals surface area contributed by atoms with Crippen LogP contribution in [0.25, 0.3) is 11.5 Å². The summed E-state index contributed by atoms with van der Waals surface area (Å²) in [5, 5.41) is 2.84. The normalized spacial score (nSPS) is 12.1. The highest BCUT2D eigenvalue weighted by molar-refractivity contribution is 7.98. The van der Waals surface area contributed by atoms with Crippen LogP contribution in [-0.4, -0.2) is 28.9 Å². The summed E-state index contributed by atoms with van der Waals surface area (Å²) in [5.41, 5.74) is 8.44. The van der Waals surface area contributed by atoms with Crippen LogP contribution in [0.1, 0.15) is 12.0 Å². The van der Waals surface area contributed by atoms with Crippen LogP contribution < -0.4 is 11.1 Å². The molecule has 0 spiro atoms. The van der Waals surface area contributed by atoms with Crippen molar-refractivity contribution in [1.82, 2.24) is 4.98 Å². The Bertz CT molecular complexity index is 599. The van der Waals surface area contributed by atoms with E-state index < -0.39 is 6.04 Å². The lowest BCUT2D eigenvalue weighted by Crippen LogP contribution is -2.36. The number of carbonyl (C=O) groups is 1. The Labute approximate surface area is 128 Å². The maximum absolute atomic E-state index is 12.0. The Kier molecular flexibility index (Phi) is 5.41. The van der Waals surface area contributed by atoms with Crippen LogP contribution in [0.4, 0.5) is 5.69 Å². The molecule has 0 fully saturated rings. The van der Waals surface area contributed by atoms with Gasteiger partial charge in [0.15, 0.2) is 0 Å². The molecule has 0 unspecified atom stereocenters. The molecule has 5 nitrogen and oxygen atoms in total. The number of aromatic nitrogens is 1. The van der Waals surface area contributed by atoms with Gasteiger partial charge in [-0.15, -0.1) is 0 Å². The molecule has 21 heavy (non-hydrogen) atoms. The topological polar surface area (TPSA) is 81.2 Å². The van der Waals surface area contributed by atoms with Gasteiger partial charge in [-0.2, -0.15) is 11.8 Å². The van der Waals surface area contributed by atoms with Gasteiger partial charge in [0, 0.05) is 11.3 Å². The predicted molar refractivity (Wildman–Crippen MR) is 86.3 cm³/mol. The SMILES string of the molecule is CSCC[C@H](N)C(=O)Nc1ccc(C)c(-c2ncco2)c1. The zero-order valence-corrected chi connectivity index (χ0v) is 12.9. The molecule has 0 aliphatic rings. The number of nitrogens with zero attached hydrogens (tertiary/aromatic N) is 1. The maximum Gasteiger partial charge on any atom is 0.241 e. The summed E-state index contributed by atoms with van der Waals surface area (Å²) in [7, 11) is 0. The van der Waals surface area contributed by atoms with Crippen LogP contribution >= 0.6 is 11.8 Å². The number of carbonyl (C=O) groups excluding carboxylic acids is 1. The second-order valence-electron chi connectivity index (χ2n) is 4.74. The van der Waals surface area contributed by atoms with E-state index in [9.17, 15) is 4.79 Å². The third kappa shape index (κ3) is 4.09. The van der Waals surface area contributed by atoms with Gasteiger partial charge in [0.1, 0.15) is 6.26 Å². The average Bonchev–Trinajstić information content (AvgIpc) is 3.00. The smallest absolute Gasteiger partial charge is 0.241 e. The lowest BCUT2D eigenvalue weighted by atomic mass is 10.1. The van der Waals surface area contributed by atoms with E-state index in [0.29, 0.717) is 18.0 Å². The lowest BCUT2D eigenvalue weighted by Gasteiger charge is -2.12. The Morgan fingerprint density at radius 1 is 1.52 bits per heavy atom. The van der Waals surface area contributed by atoms with E-state index in [1.165, 1.54) is 6.26 Å². The number of nitrogens with one attached hydrogen (secondary N) is 1. The van der Waals surface area contributed by atoms with Crippen molar-refractivity contribution in [3.05, 3.63) is 36.2 Å². The quantitative estimate of drug-likeness (QED) is 0.857. The zero-order valence-electron chi connectivity index (χ0n) is 12.1. The molecule has 6 heteroatoms. The monoisotopic (exact) mass is 305 g/mol. The van der Waals surface area contributed by atoms with Gasteiger partial charge >= 0.3 is 0 Å². The Hall–Kier alpha value is -1.79. The van der Waals surface area contributed by atoms with E-state index in [-0.39, 0.29) is 5.91 Å². The van der Waals surface area contributed by atoms with Gasteiger partial charge < -0.3 is 15.5 Å². The Morgan fingerprint density at radius 3 is 3.00 bits per heavy atom. The van der Waals surface area contributed by atoms with Crippen molar-refractivity contribution in [3.8, 4) is 11.5 Å². The number of aryl methyl sites for hydroxylation is 1. The summed E-state index contributed by atoms with van der Waals surface area (Å²) in [6, 6.07) is 5.12. The van der Waals surface area contributed by atoms with Crippen LogP contribution in [0.2, 0.25) is 0 Å². The predicted octanol–water partition coefficient (Wildman–Crippen LogP) is 2.67. The first-order valence-corrected chi connectivity index (χ1v) is 8.07. The second kappa shape index (κ2) is 7.28. The lowest BCUT2D eigenvalue weighted by molar-refractivity contribution is -0.117. The molecule has 1 heterocycles. The summed E-state index contributed by atoms with van der Waals surface area (Å²) in [6.07, 6.45) is 5.77. The fraction of sp³-hybridized carbons (Fsp3) is 0.333. The first-order valence-electron chi connectivity index (χ1n) is 6.67. The molecule has 2 aromatic rings. The highest BCUT2D eigenvalue weighted by Gasteiger charge is 2.14. The van der Waals surface area contributed by atoms with Crippen molar-refractivity contribution < 1.29 is 9.21 Å². The minimum atomic E-state index is -0.496. The fourth-order valence-corrected chi connectivity index (χ4v) is 2.39. The molecule has 0 aliphatic carbocycles. The Morgan fingerprint density at radius 2 is 2.33 bits per heavy atom. The van der Waals surface area contributed by atoms with Crippen LogP contribution in [0.5, 0.6) is 0 Å². The van der Waals surface area contributed by atoms with Gasteiger partial charge in [-0.1, -0.05) is 6.07 Å². The van der Waals surface area contributed by atoms with Crippen molar-refractivity contribution in [2.45, 2.75) is 19.4 Å². The summed E-state index contributed by atoms with van der Waals surface area (Å²) >= 11 is 1.68. The molecule has 0 aliphatic heterocycles. The van der Waals surface area contributed by atoms with Crippen LogP contribution in [-0.2, 0) is 4.79 Å². The number of thioether (sulfide) groups is 1. The molecular formula is C15H19N3O2S. The van der Waals surface area contributed by atoms with Gasteiger partial charge in [-0.25, -0.2) is 4.98 Å². The molecule has 0 saturated heterocycles. The van der Waals surface area contributed by atoms with E-state index in [4.69, 9.17) is 10.2 Å². The molecule has 0 radical (unpaired) electrons. The summed E-state index contributed by atoms with van der Waals surface area (Å²) < 4.78 is 5.31. The standard InChI is InChI=1S/C15H19N3O2S/c1-10-3-4-11(9-12(10)15-17-6-7-20-15)18-14(19)13(16)5-8-21-2/h3-4,6-7,9,13H,5,8,16H2,1-2H3,(H,18,19)/t13-/m0/s1. The highest BCUT2D eigenvalue weighted by Crippen LogP contribution is 2.25. The minimum Gasteiger partial charge on any atom is -0.445 e. The molecule has 3 N–H and O–H groups in total. The largest absolute Gasteiger partial charge is 0.445 e. The summed E-state index contributed by atoms with van der Waals surface area (Å²) in [4.78, 5) is 16.2. The molecule has 1 atom stereocenters. The molecule has 0 bridgehead atoms.